The van der Waals surface area contributed by atoms with E-state index in [1.165, 1.54) is 5.57 Å². The van der Waals surface area contributed by atoms with Crippen molar-refractivity contribution in [3.63, 3.8) is 0 Å². The molecular formula is C21H28Cl2O2. The first kappa shape index (κ1) is 20.2. The van der Waals surface area contributed by atoms with E-state index in [1.807, 2.05) is 24.3 Å². The summed E-state index contributed by atoms with van der Waals surface area (Å²) in [6.07, 6.45) is 6.78. The molecule has 1 fully saturated rings. The molecule has 0 spiro atoms. The number of alkyl halides is 2. The van der Waals surface area contributed by atoms with Crippen molar-refractivity contribution in [1.82, 2.24) is 0 Å². The summed E-state index contributed by atoms with van der Waals surface area (Å²) in [4.78, 5) is 0. The molecule has 0 amide bonds. The smallest absolute Gasteiger partial charge is 0.161 e. The third-order valence-corrected chi connectivity index (χ3v) is 6.69. The first-order valence-electron chi connectivity index (χ1n) is 8.68. The standard InChI is InChI=1S/C21H28Cl2O2/c1-6-7-16-9-10-17(18(14-16)24-5)25-13-12-15(2)8-11-19-20(3,4)21(19,22)23/h6,9-10,12,14,19H,1,7-8,11,13H2,2-5H3. The third-order valence-electron chi connectivity index (χ3n) is 5.19. The van der Waals surface area contributed by atoms with Crippen LogP contribution in [0.2, 0.25) is 0 Å². The molecule has 25 heavy (non-hydrogen) atoms. The zero-order valence-corrected chi connectivity index (χ0v) is 17.1. The van der Waals surface area contributed by atoms with Gasteiger partial charge in [-0.05, 0) is 50.0 Å². The van der Waals surface area contributed by atoms with Crippen molar-refractivity contribution in [2.24, 2.45) is 11.3 Å². The van der Waals surface area contributed by atoms with Crippen LogP contribution >= 0.6 is 23.2 Å². The van der Waals surface area contributed by atoms with Gasteiger partial charge in [0.05, 0.1) is 7.11 Å². The number of halogens is 2. The quantitative estimate of drug-likeness (QED) is 0.365. The molecule has 1 saturated carbocycles. The Labute approximate surface area is 161 Å². The highest BCUT2D eigenvalue weighted by atomic mass is 35.5. The van der Waals surface area contributed by atoms with Gasteiger partial charge in [0.25, 0.3) is 0 Å². The molecule has 1 aromatic rings. The van der Waals surface area contributed by atoms with Crippen LogP contribution in [0.4, 0.5) is 0 Å². The number of benzene rings is 1. The molecule has 0 N–H and O–H groups in total. The summed E-state index contributed by atoms with van der Waals surface area (Å²) < 4.78 is 10.7. The normalized spacial score (nSPS) is 20.9. The molecule has 2 rings (SSSR count). The van der Waals surface area contributed by atoms with Gasteiger partial charge in [-0.1, -0.05) is 31.6 Å². The van der Waals surface area contributed by atoms with Crippen molar-refractivity contribution in [1.29, 1.82) is 0 Å². The highest BCUT2D eigenvalue weighted by molar-refractivity contribution is 6.51. The summed E-state index contributed by atoms with van der Waals surface area (Å²) in [5.41, 5.74) is 2.45. The van der Waals surface area contributed by atoms with Crippen molar-refractivity contribution in [2.45, 2.75) is 44.4 Å². The minimum atomic E-state index is -0.579. The van der Waals surface area contributed by atoms with Gasteiger partial charge >= 0.3 is 0 Å². The Hall–Kier alpha value is -1.12. The maximum absolute atomic E-state index is 6.34. The zero-order valence-electron chi connectivity index (χ0n) is 15.6. The number of hydrogen-bond acceptors (Lipinski definition) is 2. The van der Waals surface area contributed by atoms with Gasteiger partial charge in [-0.25, -0.2) is 0 Å². The fourth-order valence-corrected chi connectivity index (χ4v) is 4.09. The minimum Gasteiger partial charge on any atom is -0.493 e. The first-order valence-corrected chi connectivity index (χ1v) is 9.43. The van der Waals surface area contributed by atoms with Gasteiger partial charge < -0.3 is 9.47 Å². The van der Waals surface area contributed by atoms with E-state index in [1.54, 1.807) is 7.11 Å². The molecule has 0 heterocycles. The van der Waals surface area contributed by atoms with E-state index in [-0.39, 0.29) is 5.41 Å². The van der Waals surface area contributed by atoms with Crippen molar-refractivity contribution in [3.05, 3.63) is 48.1 Å². The Kier molecular flexibility index (Phi) is 6.51. The van der Waals surface area contributed by atoms with Crippen molar-refractivity contribution >= 4 is 23.2 Å². The second-order valence-corrected chi connectivity index (χ2v) is 8.66. The molecule has 1 aliphatic rings. The van der Waals surface area contributed by atoms with Gasteiger partial charge in [0, 0.05) is 11.3 Å². The zero-order chi connectivity index (χ0) is 18.7. The lowest BCUT2D eigenvalue weighted by atomic mass is 10.0. The number of ether oxygens (including phenoxy) is 2. The Morgan fingerprint density at radius 1 is 1.28 bits per heavy atom. The van der Waals surface area contributed by atoms with E-state index in [0.29, 0.717) is 12.5 Å². The lowest BCUT2D eigenvalue weighted by Crippen LogP contribution is -1.99. The fraction of sp³-hybridized carbons (Fsp3) is 0.524. The Morgan fingerprint density at radius 2 is 1.96 bits per heavy atom. The summed E-state index contributed by atoms with van der Waals surface area (Å²) in [6, 6.07) is 5.97. The maximum atomic E-state index is 6.34. The molecule has 0 bridgehead atoms. The van der Waals surface area contributed by atoms with Crippen LogP contribution in [-0.4, -0.2) is 18.1 Å². The predicted octanol–water partition coefficient (Wildman–Crippen LogP) is 6.36. The number of hydrogen-bond donors (Lipinski definition) is 0. The molecule has 1 atom stereocenters. The van der Waals surface area contributed by atoms with Gasteiger partial charge in [-0.15, -0.1) is 29.8 Å². The average Bonchev–Trinajstić information content (AvgIpc) is 2.95. The van der Waals surface area contributed by atoms with Crippen LogP contribution < -0.4 is 9.47 Å². The summed E-state index contributed by atoms with van der Waals surface area (Å²) >= 11 is 12.7. The molecule has 0 aromatic heterocycles. The molecule has 2 nitrogen and oxygen atoms in total. The fourth-order valence-electron chi connectivity index (χ4n) is 3.17. The molecule has 1 unspecified atom stereocenters. The first-order chi connectivity index (χ1) is 11.7. The van der Waals surface area contributed by atoms with Crippen molar-refractivity contribution in [3.8, 4) is 11.5 Å². The number of methoxy groups -OCH3 is 1. The highest BCUT2D eigenvalue weighted by Crippen LogP contribution is 2.70. The summed E-state index contributed by atoms with van der Waals surface area (Å²) in [5.74, 6) is 1.85. The van der Waals surface area contributed by atoms with Crippen molar-refractivity contribution in [2.75, 3.05) is 13.7 Å². The van der Waals surface area contributed by atoms with Crippen molar-refractivity contribution < 1.29 is 9.47 Å². The van der Waals surface area contributed by atoms with E-state index >= 15 is 0 Å². The van der Waals surface area contributed by atoms with Gasteiger partial charge in [0.15, 0.2) is 11.5 Å². The molecule has 138 valence electrons. The van der Waals surface area contributed by atoms with Crippen LogP contribution in [0.5, 0.6) is 11.5 Å². The largest absolute Gasteiger partial charge is 0.493 e. The van der Waals surface area contributed by atoms with E-state index in [2.05, 4.69) is 33.4 Å². The van der Waals surface area contributed by atoms with Crippen LogP contribution in [0, 0.1) is 11.3 Å². The van der Waals surface area contributed by atoms with Crippen LogP contribution in [0.1, 0.15) is 39.2 Å². The molecule has 0 radical (unpaired) electrons. The van der Waals surface area contributed by atoms with Gasteiger partial charge in [-0.3, -0.25) is 0 Å². The summed E-state index contributed by atoms with van der Waals surface area (Å²) in [6.45, 7) is 10.6. The number of rotatable bonds is 9. The lowest BCUT2D eigenvalue weighted by Gasteiger charge is -2.11. The summed E-state index contributed by atoms with van der Waals surface area (Å²) in [5, 5.41) is 0. The van der Waals surface area contributed by atoms with Gasteiger partial charge in [-0.2, -0.15) is 0 Å². The SMILES string of the molecule is C=CCc1ccc(OCC=C(C)CCC2C(C)(C)C2(Cl)Cl)c(OC)c1. The van der Waals surface area contributed by atoms with Gasteiger partial charge in [0.2, 0.25) is 0 Å². The van der Waals surface area contributed by atoms with E-state index < -0.39 is 4.33 Å². The van der Waals surface area contributed by atoms with Crippen LogP contribution in [0.3, 0.4) is 0 Å². The average molecular weight is 383 g/mol. The molecule has 4 heteroatoms. The van der Waals surface area contributed by atoms with Crippen LogP contribution in [0.15, 0.2) is 42.5 Å². The summed E-state index contributed by atoms with van der Waals surface area (Å²) in [7, 11) is 1.66. The van der Waals surface area contributed by atoms with E-state index in [9.17, 15) is 0 Å². The minimum absolute atomic E-state index is 0.00738. The second kappa shape index (κ2) is 8.05. The maximum Gasteiger partial charge on any atom is 0.161 e. The van der Waals surface area contributed by atoms with E-state index in [0.717, 1.165) is 36.3 Å². The number of allylic oxidation sites excluding steroid dienone is 2. The topological polar surface area (TPSA) is 18.5 Å². The highest BCUT2D eigenvalue weighted by Gasteiger charge is 2.69. The van der Waals surface area contributed by atoms with Crippen LogP contribution in [0.25, 0.3) is 0 Å². The molecule has 1 aliphatic carbocycles. The Bertz CT molecular complexity index is 633. The van der Waals surface area contributed by atoms with E-state index in [4.69, 9.17) is 32.7 Å². The predicted molar refractivity (Wildman–Crippen MR) is 107 cm³/mol. The monoisotopic (exact) mass is 382 g/mol. The molecule has 0 saturated heterocycles. The Balaban J connectivity index is 1.85. The molecule has 1 aromatic carbocycles. The van der Waals surface area contributed by atoms with Gasteiger partial charge in [0.1, 0.15) is 10.9 Å². The second-order valence-electron chi connectivity index (χ2n) is 7.28. The lowest BCUT2D eigenvalue weighted by molar-refractivity contribution is 0.325. The molecule has 0 aliphatic heterocycles. The van der Waals surface area contributed by atoms with Crippen LogP contribution in [-0.2, 0) is 6.42 Å². The molecular weight excluding hydrogens is 355 g/mol. The Morgan fingerprint density at radius 3 is 2.52 bits per heavy atom. The third kappa shape index (κ3) is 4.54.